The van der Waals surface area contributed by atoms with Crippen molar-refractivity contribution < 1.29 is 28.7 Å². The number of likely N-dealkylation sites (tertiary alicyclic amines) is 1. The van der Waals surface area contributed by atoms with Gasteiger partial charge < -0.3 is 9.47 Å². The van der Waals surface area contributed by atoms with Crippen LogP contribution in [-0.4, -0.2) is 48.8 Å². The summed E-state index contributed by atoms with van der Waals surface area (Å²) in [4.78, 5) is 50.2. The Hall–Kier alpha value is -3.36. The average Bonchev–Trinajstić information content (AvgIpc) is 2.97. The van der Waals surface area contributed by atoms with Crippen molar-refractivity contribution in [1.29, 1.82) is 0 Å². The van der Waals surface area contributed by atoms with Crippen molar-refractivity contribution in [2.75, 3.05) is 20.3 Å². The number of allylic oxidation sites excluding steroid dienone is 2. The van der Waals surface area contributed by atoms with Gasteiger partial charge in [0, 0.05) is 5.56 Å². The molecule has 4 amide bonds. The maximum Gasteiger partial charge on any atom is 0.269 e. The van der Waals surface area contributed by atoms with Crippen LogP contribution in [0.25, 0.3) is 0 Å². The molecule has 0 radical (unpaired) electrons. The number of ether oxygens (including phenoxy) is 2. The van der Waals surface area contributed by atoms with Crippen LogP contribution in [0.5, 0.6) is 11.5 Å². The van der Waals surface area contributed by atoms with E-state index in [0.29, 0.717) is 30.9 Å². The minimum absolute atomic E-state index is 0.246. The van der Waals surface area contributed by atoms with Gasteiger partial charge in [-0.15, -0.1) is 0 Å². The van der Waals surface area contributed by atoms with Crippen LogP contribution in [0.4, 0.5) is 0 Å². The molecule has 154 valence electrons. The third-order valence-electron chi connectivity index (χ3n) is 4.94. The Morgan fingerprint density at radius 3 is 2.31 bits per heavy atom. The molecular weight excluding hydrogens is 378 g/mol. The topological polar surface area (TPSA) is 114 Å². The Labute approximate surface area is 168 Å². The van der Waals surface area contributed by atoms with E-state index < -0.39 is 30.2 Å². The van der Waals surface area contributed by atoms with Gasteiger partial charge in [0.2, 0.25) is 11.8 Å². The maximum atomic E-state index is 12.4. The van der Waals surface area contributed by atoms with Crippen molar-refractivity contribution >= 4 is 23.6 Å². The van der Waals surface area contributed by atoms with Crippen molar-refractivity contribution in [2.24, 2.45) is 11.8 Å². The van der Waals surface area contributed by atoms with Gasteiger partial charge in [-0.3, -0.25) is 34.9 Å². The molecule has 0 spiro atoms. The molecule has 0 unspecified atom stereocenters. The summed E-state index contributed by atoms with van der Waals surface area (Å²) in [7, 11) is 1.46. The molecule has 1 aromatic carbocycles. The van der Waals surface area contributed by atoms with Crippen molar-refractivity contribution in [2.45, 2.75) is 19.8 Å². The smallest absolute Gasteiger partial charge is 0.269 e. The molecule has 0 aromatic heterocycles. The molecule has 1 aromatic rings. The lowest BCUT2D eigenvalue weighted by molar-refractivity contribution is -0.143. The number of fused-ring (bicyclic) bond motifs is 1. The van der Waals surface area contributed by atoms with Crippen LogP contribution >= 0.6 is 0 Å². The Bertz CT molecular complexity index is 840. The van der Waals surface area contributed by atoms with Crippen LogP contribution in [0.3, 0.4) is 0 Å². The van der Waals surface area contributed by atoms with E-state index in [1.165, 1.54) is 19.2 Å². The first kappa shape index (κ1) is 20.4. The number of nitrogens with one attached hydrogen (secondary N) is 2. The summed E-state index contributed by atoms with van der Waals surface area (Å²) in [6.07, 6.45) is 4.76. The Morgan fingerprint density at radius 1 is 1.07 bits per heavy atom. The molecule has 9 nitrogen and oxygen atoms in total. The van der Waals surface area contributed by atoms with Crippen molar-refractivity contribution in [3.05, 3.63) is 35.9 Å². The lowest BCUT2D eigenvalue weighted by atomic mass is 9.85. The molecular formula is C20H23N3O6. The second kappa shape index (κ2) is 8.76. The van der Waals surface area contributed by atoms with Gasteiger partial charge in [0.25, 0.3) is 11.8 Å². The summed E-state index contributed by atoms with van der Waals surface area (Å²) in [5, 5.41) is 0. The lowest BCUT2D eigenvalue weighted by Crippen LogP contribution is -2.47. The highest BCUT2D eigenvalue weighted by Gasteiger charge is 2.47. The van der Waals surface area contributed by atoms with Gasteiger partial charge in [-0.1, -0.05) is 12.2 Å². The van der Waals surface area contributed by atoms with Gasteiger partial charge in [0.1, 0.15) is 6.54 Å². The van der Waals surface area contributed by atoms with Gasteiger partial charge in [-0.25, -0.2) is 0 Å². The van der Waals surface area contributed by atoms with Crippen molar-refractivity contribution in [1.82, 2.24) is 15.8 Å². The maximum absolute atomic E-state index is 12.4. The van der Waals surface area contributed by atoms with Gasteiger partial charge in [0.05, 0.1) is 25.6 Å². The largest absolute Gasteiger partial charge is 0.493 e. The standard InChI is InChI=1S/C20H23N3O6/c1-3-29-15-9-8-12(10-16(15)28-2)18(25)22-21-17(24)11-23-19(26)13-6-4-5-7-14(13)20(23)27/h4-5,8-10,13-14H,3,6-7,11H2,1-2H3,(H,21,24)(H,22,25)/t13-,14-/m0/s1. The summed E-state index contributed by atoms with van der Waals surface area (Å²) < 4.78 is 10.6. The number of nitrogens with zero attached hydrogens (tertiary/aromatic N) is 1. The Morgan fingerprint density at radius 2 is 1.72 bits per heavy atom. The Balaban J connectivity index is 1.56. The van der Waals surface area contributed by atoms with Gasteiger partial charge in [-0.2, -0.15) is 0 Å². The van der Waals surface area contributed by atoms with E-state index in [-0.39, 0.29) is 17.4 Å². The van der Waals surface area contributed by atoms with Crippen LogP contribution in [-0.2, 0) is 14.4 Å². The number of rotatable bonds is 6. The Kier molecular flexibility index (Phi) is 6.16. The highest BCUT2D eigenvalue weighted by atomic mass is 16.5. The fourth-order valence-corrected chi connectivity index (χ4v) is 3.49. The molecule has 1 aliphatic heterocycles. The summed E-state index contributed by atoms with van der Waals surface area (Å²) in [6, 6.07) is 4.61. The highest BCUT2D eigenvalue weighted by Crippen LogP contribution is 2.34. The van der Waals surface area contributed by atoms with E-state index in [1.54, 1.807) is 6.07 Å². The predicted octanol–water partition coefficient (Wildman–Crippen LogP) is 0.806. The minimum atomic E-state index is -0.662. The number of benzene rings is 1. The number of amides is 4. The SMILES string of the molecule is CCOc1ccc(C(=O)NNC(=O)CN2C(=O)[C@H]3CC=CC[C@@H]3C2=O)cc1OC. The number of hydrazine groups is 1. The van der Waals surface area contributed by atoms with Gasteiger partial charge in [-0.05, 0) is 38.0 Å². The molecule has 1 heterocycles. The van der Waals surface area contributed by atoms with Gasteiger partial charge >= 0.3 is 0 Å². The lowest BCUT2D eigenvalue weighted by Gasteiger charge is -2.15. The second-order valence-corrected chi connectivity index (χ2v) is 6.72. The van der Waals surface area contributed by atoms with E-state index in [2.05, 4.69) is 10.9 Å². The van der Waals surface area contributed by atoms with Gasteiger partial charge in [0.15, 0.2) is 11.5 Å². The average molecular weight is 401 g/mol. The summed E-state index contributed by atoms with van der Waals surface area (Å²) in [5.41, 5.74) is 4.75. The van der Waals surface area contributed by atoms with E-state index in [9.17, 15) is 19.2 Å². The van der Waals surface area contributed by atoms with E-state index in [1.807, 2.05) is 19.1 Å². The fourth-order valence-electron chi connectivity index (χ4n) is 3.49. The van der Waals surface area contributed by atoms with Crippen LogP contribution in [0.2, 0.25) is 0 Å². The quantitative estimate of drug-likeness (QED) is 0.414. The minimum Gasteiger partial charge on any atom is -0.493 e. The number of carbonyl (C=O) groups is 4. The highest BCUT2D eigenvalue weighted by molar-refractivity contribution is 6.07. The molecule has 29 heavy (non-hydrogen) atoms. The number of imide groups is 1. The first-order valence-electron chi connectivity index (χ1n) is 9.36. The normalized spacial score (nSPS) is 20.3. The van der Waals surface area contributed by atoms with Crippen LogP contribution < -0.4 is 20.3 Å². The second-order valence-electron chi connectivity index (χ2n) is 6.72. The summed E-state index contributed by atoms with van der Waals surface area (Å²) in [6.45, 7) is 1.85. The molecule has 2 N–H and O–H groups in total. The summed E-state index contributed by atoms with van der Waals surface area (Å²) >= 11 is 0. The number of carbonyl (C=O) groups excluding carboxylic acids is 4. The third kappa shape index (κ3) is 4.23. The first-order chi connectivity index (χ1) is 14.0. The monoisotopic (exact) mass is 401 g/mol. The molecule has 3 rings (SSSR count). The molecule has 1 aliphatic carbocycles. The van der Waals surface area contributed by atoms with Crippen LogP contribution in [0, 0.1) is 11.8 Å². The molecule has 2 atom stereocenters. The first-order valence-corrected chi connectivity index (χ1v) is 9.36. The van der Waals surface area contributed by atoms with E-state index in [0.717, 1.165) is 4.90 Å². The number of methoxy groups -OCH3 is 1. The third-order valence-corrected chi connectivity index (χ3v) is 4.94. The number of hydrogen-bond donors (Lipinski definition) is 2. The van der Waals surface area contributed by atoms with Crippen molar-refractivity contribution in [3.8, 4) is 11.5 Å². The zero-order valence-corrected chi connectivity index (χ0v) is 16.3. The molecule has 1 fully saturated rings. The van der Waals surface area contributed by atoms with E-state index >= 15 is 0 Å². The zero-order valence-electron chi connectivity index (χ0n) is 16.3. The van der Waals surface area contributed by atoms with Crippen molar-refractivity contribution in [3.63, 3.8) is 0 Å². The fraction of sp³-hybridized carbons (Fsp3) is 0.400. The molecule has 0 saturated carbocycles. The summed E-state index contributed by atoms with van der Waals surface area (Å²) in [5.74, 6) is -1.84. The number of hydrogen-bond acceptors (Lipinski definition) is 6. The zero-order chi connectivity index (χ0) is 21.0. The molecule has 1 saturated heterocycles. The molecule has 2 aliphatic rings. The van der Waals surface area contributed by atoms with Crippen LogP contribution in [0.15, 0.2) is 30.4 Å². The molecule has 0 bridgehead atoms. The van der Waals surface area contributed by atoms with Crippen LogP contribution in [0.1, 0.15) is 30.1 Å². The van der Waals surface area contributed by atoms with E-state index in [4.69, 9.17) is 9.47 Å². The predicted molar refractivity (Wildman–Crippen MR) is 102 cm³/mol. The molecule has 9 heteroatoms.